The van der Waals surface area contributed by atoms with Crippen molar-refractivity contribution in [3.63, 3.8) is 0 Å². The largest absolute Gasteiger partial charge is 0.449 e. The molecule has 0 radical (unpaired) electrons. The van der Waals surface area contributed by atoms with E-state index in [1.165, 1.54) is 4.57 Å². The molecule has 0 bridgehead atoms. The van der Waals surface area contributed by atoms with E-state index >= 15 is 0 Å². The van der Waals surface area contributed by atoms with Gasteiger partial charge >= 0.3 is 6.18 Å². The SMILES string of the molecule is CN1CCC(c2nc(C(F)(F)F)n3c2CNCC3)CC1. The lowest BCUT2D eigenvalue weighted by Gasteiger charge is -2.29. The molecule has 1 fully saturated rings. The molecule has 0 saturated carbocycles. The highest BCUT2D eigenvalue weighted by atomic mass is 19.4. The molecule has 2 aliphatic rings. The number of nitrogens with one attached hydrogen (secondary N) is 1. The lowest BCUT2D eigenvalue weighted by Crippen LogP contribution is -2.32. The lowest BCUT2D eigenvalue weighted by atomic mass is 9.92. The Balaban J connectivity index is 1.96. The monoisotopic (exact) mass is 288 g/mol. The van der Waals surface area contributed by atoms with E-state index < -0.39 is 12.0 Å². The summed E-state index contributed by atoms with van der Waals surface area (Å²) in [5, 5.41) is 3.16. The zero-order chi connectivity index (χ0) is 14.3. The Labute approximate surface area is 116 Å². The fraction of sp³-hybridized carbons (Fsp3) is 0.769. The van der Waals surface area contributed by atoms with Crippen LogP contribution in [-0.2, 0) is 19.3 Å². The normalized spacial score (nSPS) is 22.0. The molecule has 1 aromatic rings. The summed E-state index contributed by atoms with van der Waals surface area (Å²) in [4.78, 5) is 6.20. The van der Waals surface area contributed by atoms with Crippen molar-refractivity contribution in [3.8, 4) is 0 Å². The van der Waals surface area contributed by atoms with Crippen molar-refractivity contribution in [2.45, 2.75) is 38.0 Å². The average molecular weight is 288 g/mol. The van der Waals surface area contributed by atoms with E-state index in [-0.39, 0.29) is 5.92 Å². The van der Waals surface area contributed by atoms with Crippen LogP contribution in [0.4, 0.5) is 13.2 Å². The Bertz CT molecular complexity index is 487. The summed E-state index contributed by atoms with van der Waals surface area (Å²) in [6.45, 7) is 3.26. The average Bonchev–Trinajstić information content (AvgIpc) is 2.79. The zero-order valence-electron chi connectivity index (χ0n) is 11.5. The predicted molar refractivity (Wildman–Crippen MR) is 68.4 cm³/mol. The molecule has 3 heterocycles. The molecular formula is C13H19F3N4. The van der Waals surface area contributed by atoms with Crippen molar-refractivity contribution in [1.29, 1.82) is 0 Å². The topological polar surface area (TPSA) is 33.1 Å². The number of rotatable bonds is 1. The molecule has 0 atom stereocenters. The number of halogens is 3. The van der Waals surface area contributed by atoms with Gasteiger partial charge in [-0.3, -0.25) is 0 Å². The van der Waals surface area contributed by atoms with Gasteiger partial charge in [0.05, 0.1) is 11.4 Å². The van der Waals surface area contributed by atoms with Crippen LogP contribution in [0.5, 0.6) is 0 Å². The van der Waals surface area contributed by atoms with Gasteiger partial charge in [-0.05, 0) is 33.0 Å². The first kappa shape index (κ1) is 13.9. The van der Waals surface area contributed by atoms with Gasteiger partial charge in [-0.15, -0.1) is 0 Å². The van der Waals surface area contributed by atoms with Gasteiger partial charge in [-0.1, -0.05) is 0 Å². The van der Waals surface area contributed by atoms with Gasteiger partial charge < -0.3 is 14.8 Å². The van der Waals surface area contributed by atoms with Gasteiger partial charge in [0.1, 0.15) is 0 Å². The lowest BCUT2D eigenvalue weighted by molar-refractivity contribution is -0.147. The molecule has 20 heavy (non-hydrogen) atoms. The van der Waals surface area contributed by atoms with Crippen LogP contribution in [0.3, 0.4) is 0 Å². The number of piperidine rings is 1. The highest BCUT2D eigenvalue weighted by Crippen LogP contribution is 2.36. The highest BCUT2D eigenvalue weighted by molar-refractivity contribution is 5.24. The maximum atomic E-state index is 13.1. The first-order chi connectivity index (χ1) is 9.47. The van der Waals surface area contributed by atoms with Gasteiger partial charge in [-0.2, -0.15) is 13.2 Å². The second-order valence-corrected chi connectivity index (χ2v) is 5.67. The summed E-state index contributed by atoms with van der Waals surface area (Å²) in [6, 6.07) is 0. The van der Waals surface area contributed by atoms with Crippen molar-refractivity contribution in [3.05, 3.63) is 17.2 Å². The Kier molecular flexibility index (Phi) is 3.50. The molecule has 0 aromatic carbocycles. The fourth-order valence-electron chi connectivity index (χ4n) is 3.15. The second-order valence-electron chi connectivity index (χ2n) is 5.67. The fourth-order valence-corrected chi connectivity index (χ4v) is 3.15. The van der Waals surface area contributed by atoms with Crippen LogP contribution in [0.2, 0.25) is 0 Å². The molecule has 0 amide bonds. The molecule has 1 aromatic heterocycles. The predicted octanol–water partition coefficient (Wildman–Crippen LogP) is 1.81. The standard InChI is InChI=1S/C13H19F3N4/c1-19-5-2-9(3-6-19)11-10-8-17-4-7-20(10)12(18-11)13(14,15)16/h9,17H,2-8H2,1H3. The molecule has 112 valence electrons. The Hall–Kier alpha value is -1.08. The summed E-state index contributed by atoms with van der Waals surface area (Å²) in [5.74, 6) is -0.564. The quantitative estimate of drug-likeness (QED) is 0.855. The number of nitrogens with zero attached hydrogens (tertiary/aromatic N) is 3. The van der Waals surface area contributed by atoms with E-state index in [1.54, 1.807) is 0 Å². The second kappa shape index (κ2) is 5.04. The third-order valence-corrected chi connectivity index (χ3v) is 4.27. The zero-order valence-corrected chi connectivity index (χ0v) is 11.5. The van der Waals surface area contributed by atoms with Crippen LogP contribution in [0.25, 0.3) is 0 Å². The van der Waals surface area contributed by atoms with E-state index in [4.69, 9.17) is 0 Å². The smallest absolute Gasteiger partial charge is 0.322 e. The van der Waals surface area contributed by atoms with E-state index in [9.17, 15) is 13.2 Å². The molecule has 2 aliphatic heterocycles. The van der Waals surface area contributed by atoms with Crippen LogP contribution in [0.15, 0.2) is 0 Å². The summed E-state index contributed by atoms with van der Waals surface area (Å²) < 4.78 is 40.7. The van der Waals surface area contributed by atoms with Crippen LogP contribution >= 0.6 is 0 Å². The van der Waals surface area contributed by atoms with E-state index in [1.807, 2.05) is 7.05 Å². The Morgan fingerprint density at radius 3 is 2.55 bits per heavy atom. The molecule has 1 N–H and O–H groups in total. The van der Waals surface area contributed by atoms with Crippen LogP contribution < -0.4 is 5.32 Å². The van der Waals surface area contributed by atoms with Crippen molar-refractivity contribution >= 4 is 0 Å². The van der Waals surface area contributed by atoms with E-state index in [0.717, 1.165) is 31.6 Å². The summed E-state index contributed by atoms with van der Waals surface area (Å²) in [7, 11) is 2.04. The van der Waals surface area contributed by atoms with Gasteiger partial charge in [0.15, 0.2) is 0 Å². The summed E-state index contributed by atoms with van der Waals surface area (Å²) >= 11 is 0. The molecule has 3 rings (SSSR count). The van der Waals surface area contributed by atoms with Gasteiger partial charge in [0.2, 0.25) is 5.82 Å². The molecule has 4 nitrogen and oxygen atoms in total. The molecule has 0 spiro atoms. The van der Waals surface area contributed by atoms with Crippen LogP contribution in [0.1, 0.15) is 36.0 Å². The Morgan fingerprint density at radius 1 is 1.20 bits per heavy atom. The van der Waals surface area contributed by atoms with Crippen molar-refractivity contribution in [2.24, 2.45) is 0 Å². The van der Waals surface area contributed by atoms with Crippen molar-refractivity contribution in [2.75, 3.05) is 26.7 Å². The molecule has 7 heteroatoms. The van der Waals surface area contributed by atoms with E-state index in [0.29, 0.717) is 25.3 Å². The van der Waals surface area contributed by atoms with Crippen molar-refractivity contribution in [1.82, 2.24) is 19.8 Å². The summed E-state index contributed by atoms with van der Waals surface area (Å²) in [5.41, 5.74) is 1.40. The first-order valence-electron chi connectivity index (χ1n) is 7.02. The number of alkyl halides is 3. The minimum atomic E-state index is -4.37. The molecule has 0 unspecified atom stereocenters. The third kappa shape index (κ3) is 2.44. The highest BCUT2D eigenvalue weighted by Gasteiger charge is 2.40. The number of aromatic nitrogens is 2. The van der Waals surface area contributed by atoms with Crippen molar-refractivity contribution < 1.29 is 13.2 Å². The molecular weight excluding hydrogens is 269 g/mol. The number of hydrogen-bond donors (Lipinski definition) is 1. The van der Waals surface area contributed by atoms with E-state index in [2.05, 4.69) is 15.2 Å². The number of fused-ring (bicyclic) bond motifs is 1. The maximum absolute atomic E-state index is 13.1. The third-order valence-electron chi connectivity index (χ3n) is 4.27. The molecule has 0 aliphatic carbocycles. The number of imidazole rings is 1. The van der Waals surface area contributed by atoms with Crippen LogP contribution in [0, 0.1) is 0 Å². The molecule has 1 saturated heterocycles. The van der Waals surface area contributed by atoms with Gasteiger partial charge in [0, 0.05) is 25.6 Å². The van der Waals surface area contributed by atoms with Gasteiger partial charge in [-0.25, -0.2) is 4.98 Å². The minimum absolute atomic E-state index is 0.156. The van der Waals surface area contributed by atoms with Crippen LogP contribution in [-0.4, -0.2) is 41.1 Å². The minimum Gasteiger partial charge on any atom is -0.322 e. The maximum Gasteiger partial charge on any atom is 0.449 e. The Morgan fingerprint density at radius 2 is 1.90 bits per heavy atom. The van der Waals surface area contributed by atoms with Gasteiger partial charge in [0.25, 0.3) is 0 Å². The number of likely N-dealkylation sites (tertiary alicyclic amines) is 1. The first-order valence-corrected chi connectivity index (χ1v) is 7.02. The number of hydrogen-bond acceptors (Lipinski definition) is 3. The summed E-state index contributed by atoms with van der Waals surface area (Å²) in [6.07, 6.45) is -2.59.